The van der Waals surface area contributed by atoms with Gasteiger partial charge in [-0.05, 0) is 29.8 Å². The van der Waals surface area contributed by atoms with Gasteiger partial charge in [0.15, 0.2) is 0 Å². The van der Waals surface area contributed by atoms with Gasteiger partial charge in [0, 0.05) is 21.7 Å². The zero-order valence-corrected chi connectivity index (χ0v) is 18.1. The lowest BCUT2D eigenvalue weighted by atomic mass is 9.73. The number of nitro groups is 1. The van der Waals surface area contributed by atoms with Gasteiger partial charge in [0.25, 0.3) is 0 Å². The Labute approximate surface area is 190 Å². The van der Waals surface area contributed by atoms with Gasteiger partial charge < -0.3 is 14.8 Å². The van der Waals surface area contributed by atoms with Crippen molar-refractivity contribution in [2.75, 3.05) is 19.5 Å². The SMILES string of the molecule is COc1ccc(OC)c(C2C([N+](=O)[O-])C(c3ccccc3)N[C@@]23C(=O)Nc2ccccc23)c1. The minimum atomic E-state index is -1.37. The number of hydrogen-bond donors (Lipinski definition) is 2. The fraction of sp³-hybridized carbons (Fsp3) is 0.240. The Morgan fingerprint density at radius 1 is 0.970 bits per heavy atom. The number of nitrogens with zero attached hydrogens (tertiary/aromatic N) is 1. The van der Waals surface area contributed by atoms with E-state index in [1.165, 1.54) is 14.2 Å². The molecule has 8 heteroatoms. The maximum atomic E-state index is 13.7. The van der Waals surface area contributed by atoms with Crippen LogP contribution in [0.4, 0.5) is 5.69 Å². The van der Waals surface area contributed by atoms with Crippen molar-refractivity contribution in [1.29, 1.82) is 0 Å². The van der Waals surface area contributed by atoms with E-state index in [4.69, 9.17) is 9.47 Å². The molecule has 1 amide bonds. The average Bonchev–Trinajstić information content (AvgIpc) is 3.35. The highest BCUT2D eigenvalue weighted by Crippen LogP contribution is 2.56. The second-order valence-corrected chi connectivity index (χ2v) is 8.20. The van der Waals surface area contributed by atoms with Crippen LogP contribution in [0.15, 0.2) is 72.8 Å². The summed E-state index contributed by atoms with van der Waals surface area (Å²) >= 11 is 0. The molecule has 0 radical (unpaired) electrons. The first-order chi connectivity index (χ1) is 16.0. The molecule has 2 heterocycles. The van der Waals surface area contributed by atoms with Crippen molar-refractivity contribution in [2.24, 2.45) is 0 Å². The summed E-state index contributed by atoms with van der Waals surface area (Å²) in [6.07, 6.45) is 0. The third-order valence-corrected chi connectivity index (χ3v) is 6.67. The van der Waals surface area contributed by atoms with Gasteiger partial charge in [-0.2, -0.15) is 0 Å². The quantitative estimate of drug-likeness (QED) is 0.459. The van der Waals surface area contributed by atoms with Crippen LogP contribution in [0.1, 0.15) is 28.7 Å². The molecule has 8 nitrogen and oxygen atoms in total. The Balaban J connectivity index is 1.82. The normalized spacial score (nSPS) is 25.5. The van der Waals surface area contributed by atoms with Crippen LogP contribution < -0.4 is 20.1 Å². The standard InChI is InChI=1S/C25H23N3O5/c1-32-16-12-13-20(33-2)17(14-16)21-23(28(30)31)22(15-8-4-3-5-9-15)27-25(21)18-10-6-7-11-19(18)26-24(25)29/h3-14,21-23,27H,1-2H3,(H,26,29)/t21?,22?,23?,25-/m1/s1. The number of methoxy groups -OCH3 is 2. The van der Waals surface area contributed by atoms with Crippen LogP contribution in [0.25, 0.3) is 0 Å². The molecule has 0 aromatic heterocycles. The third-order valence-electron chi connectivity index (χ3n) is 6.67. The Hall–Kier alpha value is -3.91. The van der Waals surface area contributed by atoms with E-state index < -0.39 is 23.5 Å². The molecule has 3 aromatic carbocycles. The van der Waals surface area contributed by atoms with Crippen LogP contribution in [0.3, 0.4) is 0 Å². The van der Waals surface area contributed by atoms with E-state index in [2.05, 4.69) is 10.6 Å². The topological polar surface area (TPSA) is 103 Å². The summed E-state index contributed by atoms with van der Waals surface area (Å²) < 4.78 is 11.0. The number of para-hydroxylation sites is 1. The predicted molar refractivity (Wildman–Crippen MR) is 122 cm³/mol. The highest BCUT2D eigenvalue weighted by molar-refractivity contribution is 6.07. The molecule has 0 saturated carbocycles. The molecule has 168 valence electrons. The number of ether oxygens (including phenoxy) is 2. The molecule has 2 N–H and O–H groups in total. The van der Waals surface area contributed by atoms with Crippen LogP contribution >= 0.6 is 0 Å². The van der Waals surface area contributed by atoms with Crippen LogP contribution in [0.5, 0.6) is 11.5 Å². The molecular formula is C25H23N3O5. The Bertz CT molecular complexity index is 1230. The summed E-state index contributed by atoms with van der Waals surface area (Å²) in [7, 11) is 3.04. The van der Waals surface area contributed by atoms with Crippen molar-refractivity contribution in [1.82, 2.24) is 5.32 Å². The molecule has 2 aliphatic heterocycles. The first-order valence-electron chi connectivity index (χ1n) is 10.6. The third kappa shape index (κ3) is 3.06. The van der Waals surface area contributed by atoms with E-state index in [0.717, 1.165) is 5.56 Å². The highest BCUT2D eigenvalue weighted by atomic mass is 16.6. The Morgan fingerprint density at radius 2 is 1.70 bits per heavy atom. The maximum Gasteiger partial charge on any atom is 0.250 e. The number of amides is 1. The number of hydrogen-bond acceptors (Lipinski definition) is 6. The highest BCUT2D eigenvalue weighted by Gasteiger charge is 2.67. The van der Waals surface area contributed by atoms with Gasteiger partial charge in [-0.3, -0.25) is 20.2 Å². The van der Waals surface area contributed by atoms with Crippen LogP contribution in [0, 0.1) is 10.1 Å². The molecule has 2 aliphatic rings. The fourth-order valence-corrected chi connectivity index (χ4v) is 5.28. The van der Waals surface area contributed by atoms with Gasteiger partial charge in [0.2, 0.25) is 11.9 Å². The first-order valence-corrected chi connectivity index (χ1v) is 10.6. The number of rotatable bonds is 5. The molecule has 1 spiro atoms. The Morgan fingerprint density at radius 3 is 2.39 bits per heavy atom. The smallest absolute Gasteiger partial charge is 0.250 e. The van der Waals surface area contributed by atoms with E-state index in [1.807, 2.05) is 48.5 Å². The lowest BCUT2D eigenvalue weighted by Gasteiger charge is -2.30. The predicted octanol–water partition coefficient (Wildman–Crippen LogP) is 3.62. The maximum absolute atomic E-state index is 13.7. The minimum Gasteiger partial charge on any atom is -0.497 e. The monoisotopic (exact) mass is 445 g/mol. The molecule has 4 atom stereocenters. The molecule has 0 aliphatic carbocycles. The first kappa shape index (κ1) is 21.0. The zero-order chi connectivity index (χ0) is 23.2. The van der Waals surface area contributed by atoms with E-state index >= 15 is 0 Å². The summed E-state index contributed by atoms with van der Waals surface area (Å²) in [6, 6.07) is 19.8. The summed E-state index contributed by atoms with van der Waals surface area (Å²) in [6.45, 7) is 0. The fourth-order valence-electron chi connectivity index (χ4n) is 5.28. The largest absolute Gasteiger partial charge is 0.497 e. The van der Waals surface area contributed by atoms with Crippen molar-refractivity contribution in [3.8, 4) is 11.5 Å². The van der Waals surface area contributed by atoms with E-state index in [1.54, 1.807) is 24.3 Å². The van der Waals surface area contributed by atoms with E-state index in [0.29, 0.717) is 28.3 Å². The molecule has 5 rings (SSSR count). The van der Waals surface area contributed by atoms with Crippen molar-refractivity contribution in [3.63, 3.8) is 0 Å². The second-order valence-electron chi connectivity index (χ2n) is 8.20. The summed E-state index contributed by atoms with van der Waals surface area (Å²) in [5, 5.41) is 19.0. The molecule has 1 fully saturated rings. The van der Waals surface area contributed by atoms with E-state index in [9.17, 15) is 14.9 Å². The summed E-state index contributed by atoms with van der Waals surface area (Å²) in [5.74, 6) is -0.215. The van der Waals surface area contributed by atoms with Crippen LogP contribution in [-0.4, -0.2) is 31.1 Å². The number of nitrogens with one attached hydrogen (secondary N) is 2. The van der Waals surface area contributed by atoms with Gasteiger partial charge >= 0.3 is 0 Å². The zero-order valence-electron chi connectivity index (χ0n) is 18.1. The van der Waals surface area contributed by atoms with Crippen molar-refractivity contribution in [3.05, 3.63) is 99.6 Å². The molecule has 3 aromatic rings. The minimum absolute atomic E-state index is 0.294. The number of fused-ring (bicyclic) bond motifs is 2. The second kappa shape index (κ2) is 7.90. The Kier molecular flexibility index (Phi) is 5.02. The summed E-state index contributed by atoms with van der Waals surface area (Å²) in [4.78, 5) is 26.0. The van der Waals surface area contributed by atoms with Crippen LogP contribution in [-0.2, 0) is 10.3 Å². The lowest BCUT2D eigenvalue weighted by Crippen LogP contribution is -2.48. The van der Waals surface area contributed by atoms with Crippen molar-refractivity contribution < 1.29 is 19.2 Å². The number of carbonyl (C=O) groups excluding carboxylic acids is 1. The van der Waals surface area contributed by atoms with Gasteiger partial charge in [0.05, 0.1) is 20.1 Å². The van der Waals surface area contributed by atoms with Crippen molar-refractivity contribution in [2.45, 2.75) is 23.5 Å². The molecule has 3 unspecified atom stereocenters. The van der Waals surface area contributed by atoms with Crippen molar-refractivity contribution >= 4 is 11.6 Å². The lowest BCUT2D eigenvalue weighted by molar-refractivity contribution is -0.527. The number of carbonyl (C=O) groups is 1. The number of anilines is 1. The average molecular weight is 445 g/mol. The van der Waals surface area contributed by atoms with Crippen LogP contribution in [0.2, 0.25) is 0 Å². The van der Waals surface area contributed by atoms with Gasteiger partial charge in [0.1, 0.15) is 23.1 Å². The van der Waals surface area contributed by atoms with Gasteiger partial charge in [-0.25, -0.2) is 0 Å². The molecule has 33 heavy (non-hydrogen) atoms. The van der Waals surface area contributed by atoms with Gasteiger partial charge in [-0.15, -0.1) is 0 Å². The molecule has 1 saturated heterocycles. The molecular weight excluding hydrogens is 422 g/mol. The summed E-state index contributed by atoms with van der Waals surface area (Å²) in [5.41, 5.74) is 1.22. The van der Waals surface area contributed by atoms with Gasteiger partial charge in [-0.1, -0.05) is 48.5 Å². The van der Waals surface area contributed by atoms with E-state index in [-0.39, 0.29) is 10.8 Å². The number of benzene rings is 3. The molecule has 0 bridgehead atoms.